The van der Waals surface area contributed by atoms with Crippen LogP contribution in [0.3, 0.4) is 0 Å². The zero-order chi connectivity index (χ0) is 12.3. The molecule has 0 heterocycles. The zero-order valence-electron chi connectivity index (χ0n) is 10.5. The molecule has 1 unspecified atom stereocenters. The van der Waals surface area contributed by atoms with Gasteiger partial charge in [-0.1, -0.05) is 6.92 Å². The second-order valence-electron chi connectivity index (χ2n) is 4.36. The minimum atomic E-state index is -0.228. The predicted octanol–water partition coefficient (Wildman–Crippen LogP) is 3.08. The summed E-state index contributed by atoms with van der Waals surface area (Å²) in [6, 6.07) is 5.08. The van der Waals surface area contributed by atoms with E-state index in [0.717, 1.165) is 17.7 Å². The lowest BCUT2D eigenvalue weighted by Gasteiger charge is -2.29. The fraction of sp³-hybridized carbons (Fsp3) is 0.538. The van der Waals surface area contributed by atoms with Crippen LogP contribution in [0.25, 0.3) is 0 Å². The molecule has 0 saturated heterocycles. The predicted molar refractivity (Wildman–Crippen MR) is 67.2 cm³/mol. The summed E-state index contributed by atoms with van der Waals surface area (Å²) in [6.45, 7) is 6.16. The van der Waals surface area contributed by atoms with Gasteiger partial charge >= 0.3 is 0 Å². The van der Waals surface area contributed by atoms with E-state index in [0.29, 0.717) is 6.04 Å². The number of benzene rings is 1. The highest BCUT2D eigenvalue weighted by molar-refractivity contribution is 5.55. The van der Waals surface area contributed by atoms with Crippen molar-refractivity contribution in [3.8, 4) is 0 Å². The number of nitrogens with two attached hydrogens (primary N) is 1. The molecule has 0 aliphatic carbocycles. The zero-order valence-corrected chi connectivity index (χ0v) is 10.5. The normalized spacial score (nSPS) is 14.6. The maximum absolute atomic E-state index is 13.2. The molecule has 0 amide bonds. The van der Waals surface area contributed by atoms with Crippen molar-refractivity contribution in [2.24, 2.45) is 5.73 Å². The van der Waals surface area contributed by atoms with Gasteiger partial charge in [0, 0.05) is 24.8 Å². The molecule has 3 heteroatoms. The summed E-state index contributed by atoms with van der Waals surface area (Å²) in [5, 5.41) is 0. The second kappa shape index (κ2) is 5.30. The first-order valence-corrected chi connectivity index (χ1v) is 5.75. The molecule has 2 atom stereocenters. The van der Waals surface area contributed by atoms with Crippen molar-refractivity contribution in [1.29, 1.82) is 0 Å². The monoisotopic (exact) mass is 224 g/mol. The van der Waals surface area contributed by atoms with Gasteiger partial charge in [0.1, 0.15) is 5.82 Å². The first-order chi connectivity index (χ1) is 7.47. The van der Waals surface area contributed by atoms with Crippen LogP contribution in [0.1, 0.15) is 38.8 Å². The van der Waals surface area contributed by atoms with E-state index in [4.69, 9.17) is 5.73 Å². The summed E-state index contributed by atoms with van der Waals surface area (Å²) in [6.07, 6.45) is 1.05. The van der Waals surface area contributed by atoms with Crippen molar-refractivity contribution in [2.45, 2.75) is 39.3 Å². The molecule has 0 fully saturated rings. The first-order valence-electron chi connectivity index (χ1n) is 5.75. The molecule has 0 saturated carbocycles. The van der Waals surface area contributed by atoms with Crippen molar-refractivity contribution in [3.63, 3.8) is 0 Å². The fourth-order valence-electron chi connectivity index (χ4n) is 1.72. The van der Waals surface area contributed by atoms with Gasteiger partial charge in [-0.05, 0) is 44.0 Å². The molecule has 0 bridgehead atoms. The van der Waals surface area contributed by atoms with Crippen LogP contribution < -0.4 is 10.6 Å². The van der Waals surface area contributed by atoms with Crippen LogP contribution in [0.5, 0.6) is 0 Å². The van der Waals surface area contributed by atoms with E-state index in [9.17, 15) is 4.39 Å². The summed E-state index contributed by atoms with van der Waals surface area (Å²) in [5.41, 5.74) is 7.75. The number of hydrogen-bond acceptors (Lipinski definition) is 2. The third-order valence-electron chi connectivity index (χ3n) is 3.11. The molecule has 16 heavy (non-hydrogen) atoms. The van der Waals surface area contributed by atoms with Crippen LogP contribution in [0.4, 0.5) is 10.1 Å². The number of hydrogen-bond donors (Lipinski definition) is 1. The van der Waals surface area contributed by atoms with Crippen LogP contribution >= 0.6 is 0 Å². The van der Waals surface area contributed by atoms with E-state index in [1.807, 2.05) is 14.0 Å². The Kier molecular flexibility index (Phi) is 4.30. The highest BCUT2D eigenvalue weighted by Gasteiger charge is 2.15. The fourth-order valence-corrected chi connectivity index (χ4v) is 1.72. The molecule has 0 spiro atoms. The van der Waals surface area contributed by atoms with Gasteiger partial charge in [0.25, 0.3) is 0 Å². The lowest BCUT2D eigenvalue weighted by Crippen LogP contribution is -2.29. The van der Waals surface area contributed by atoms with Crippen molar-refractivity contribution < 1.29 is 4.39 Å². The minimum absolute atomic E-state index is 0.155. The average Bonchev–Trinajstić information content (AvgIpc) is 2.26. The third-order valence-corrected chi connectivity index (χ3v) is 3.11. The maximum atomic E-state index is 13.2. The number of halogens is 1. The Bertz CT molecular complexity index is 350. The molecular weight excluding hydrogens is 203 g/mol. The van der Waals surface area contributed by atoms with Crippen LogP contribution in [-0.2, 0) is 0 Å². The Morgan fingerprint density at radius 2 is 2.00 bits per heavy atom. The molecule has 2 N–H and O–H groups in total. The number of anilines is 1. The molecule has 1 aromatic rings. The first kappa shape index (κ1) is 13.0. The van der Waals surface area contributed by atoms with E-state index < -0.39 is 0 Å². The second-order valence-corrected chi connectivity index (χ2v) is 4.36. The van der Waals surface area contributed by atoms with Gasteiger partial charge in [-0.25, -0.2) is 4.39 Å². The van der Waals surface area contributed by atoms with Gasteiger partial charge in [-0.3, -0.25) is 0 Å². The number of nitrogens with zero attached hydrogens (tertiary/aromatic N) is 1. The van der Waals surface area contributed by atoms with Gasteiger partial charge in [-0.15, -0.1) is 0 Å². The highest BCUT2D eigenvalue weighted by Crippen LogP contribution is 2.27. The molecule has 2 nitrogen and oxygen atoms in total. The summed E-state index contributed by atoms with van der Waals surface area (Å²) in [5.74, 6) is -0.228. The van der Waals surface area contributed by atoms with Gasteiger partial charge in [0.05, 0.1) is 0 Å². The molecule has 90 valence electrons. The van der Waals surface area contributed by atoms with Gasteiger partial charge in [-0.2, -0.15) is 0 Å². The van der Waals surface area contributed by atoms with E-state index in [2.05, 4.69) is 18.7 Å². The standard InChI is InChI=1S/C13H21FN2/c1-5-9(2)16(4)13-7-6-11(14)8-12(13)10(3)15/h6-10H,5,15H2,1-4H3/t9?,10-/m1/s1. The topological polar surface area (TPSA) is 29.3 Å². The molecular formula is C13H21FN2. The highest BCUT2D eigenvalue weighted by atomic mass is 19.1. The largest absolute Gasteiger partial charge is 0.372 e. The maximum Gasteiger partial charge on any atom is 0.123 e. The van der Waals surface area contributed by atoms with Crippen LogP contribution in [0.2, 0.25) is 0 Å². The summed E-state index contributed by atoms with van der Waals surface area (Å²) in [4.78, 5) is 2.15. The van der Waals surface area contributed by atoms with Gasteiger partial charge in [0.2, 0.25) is 0 Å². The summed E-state index contributed by atoms with van der Waals surface area (Å²) >= 11 is 0. The van der Waals surface area contributed by atoms with E-state index >= 15 is 0 Å². The molecule has 0 radical (unpaired) electrons. The molecule has 1 aromatic carbocycles. The molecule has 1 rings (SSSR count). The number of rotatable bonds is 4. The lowest BCUT2D eigenvalue weighted by molar-refractivity contribution is 0.617. The van der Waals surface area contributed by atoms with Crippen molar-refractivity contribution in [2.75, 3.05) is 11.9 Å². The van der Waals surface area contributed by atoms with Crippen molar-refractivity contribution >= 4 is 5.69 Å². The Labute approximate surface area is 97.3 Å². The SMILES string of the molecule is CCC(C)N(C)c1ccc(F)cc1[C@@H](C)N. The van der Waals surface area contributed by atoms with Gasteiger partial charge < -0.3 is 10.6 Å². The molecule has 0 aromatic heterocycles. The Balaban J connectivity index is 3.12. The van der Waals surface area contributed by atoms with Crippen molar-refractivity contribution in [3.05, 3.63) is 29.6 Å². The molecule has 0 aliphatic rings. The average molecular weight is 224 g/mol. The van der Waals surface area contributed by atoms with Crippen LogP contribution in [0, 0.1) is 5.82 Å². The summed E-state index contributed by atoms with van der Waals surface area (Å²) in [7, 11) is 2.02. The minimum Gasteiger partial charge on any atom is -0.372 e. The lowest BCUT2D eigenvalue weighted by atomic mass is 10.0. The van der Waals surface area contributed by atoms with E-state index in [-0.39, 0.29) is 11.9 Å². The van der Waals surface area contributed by atoms with Crippen LogP contribution in [-0.4, -0.2) is 13.1 Å². The quantitative estimate of drug-likeness (QED) is 0.851. The Morgan fingerprint density at radius 3 is 2.50 bits per heavy atom. The smallest absolute Gasteiger partial charge is 0.123 e. The molecule has 0 aliphatic heterocycles. The van der Waals surface area contributed by atoms with E-state index in [1.165, 1.54) is 12.1 Å². The van der Waals surface area contributed by atoms with Crippen molar-refractivity contribution in [1.82, 2.24) is 0 Å². The third kappa shape index (κ3) is 2.73. The Hall–Kier alpha value is -1.09. The van der Waals surface area contributed by atoms with Gasteiger partial charge in [0.15, 0.2) is 0 Å². The Morgan fingerprint density at radius 1 is 1.38 bits per heavy atom. The van der Waals surface area contributed by atoms with E-state index in [1.54, 1.807) is 6.07 Å². The summed E-state index contributed by atoms with van der Waals surface area (Å²) < 4.78 is 13.2. The van der Waals surface area contributed by atoms with Crippen LogP contribution in [0.15, 0.2) is 18.2 Å².